The lowest BCUT2D eigenvalue weighted by Crippen LogP contribution is -2.47. The van der Waals surface area contributed by atoms with Crippen LogP contribution in [0.3, 0.4) is 0 Å². The molecular formula is C13H15F3N2O. The first-order chi connectivity index (χ1) is 9.04. The maximum absolute atomic E-state index is 13.6. The van der Waals surface area contributed by atoms with Crippen LogP contribution in [0.2, 0.25) is 0 Å². The van der Waals surface area contributed by atoms with Crippen LogP contribution in [0, 0.1) is 17.5 Å². The number of hydrogen-bond acceptors (Lipinski definition) is 2. The maximum atomic E-state index is 13.6. The van der Waals surface area contributed by atoms with Gasteiger partial charge in [-0.3, -0.25) is 4.79 Å². The van der Waals surface area contributed by atoms with Crippen molar-refractivity contribution in [3.8, 4) is 0 Å². The van der Waals surface area contributed by atoms with Gasteiger partial charge in [0.2, 0.25) is 0 Å². The van der Waals surface area contributed by atoms with E-state index in [2.05, 4.69) is 5.32 Å². The van der Waals surface area contributed by atoms with Gasteiger partial charge in [0.25, 0.3) is 5.91 Å². The third-order valence-electron chi connectivity index (χ3n) is 3.38. The van der Waals surface area contributed by atoms with Gasteiger partial charge in [-0.2, -0.15) is 0 Å². The lowest BCUT2D eigenvalue weighted by atomic mass is 10.0. The molecule has 0 spiro atoms. The summed E-state index contributed by atoms with van der Waals surface area (Å²) in [5.74, 6) is -4.92. The van der Waals surface area contributed by atoms with Crippen LogP contribution in [0.4, 0.5) is 13.2 Å². The molecular weight excluding hydrogens is 257 g/mol. The van der Waals surface area contributed by atoms with Gasteiger partial charge in [0.15, 0.2) is 17.5 Å². The number of rotatable bonds is 2. The van der Waals surface area contributed by atoms with Crippen molar-refractivity contribution in [2.75, 3.05) is 20.1 Å². The first-order valence-electron chi connectivity index (χ1n) is 6.14. The molecule has 104 valence electrons. The SMILES string of the molecule is CNC1CCCN(C(=O)c2ccc(F)c(F)c2F)C1. The second kappa shape index (κ2) is 5.61. The van der Waals surface area contributed by atoms with Gasteiger partial charge in [-0.15, -0.1) is 0 Å². The summed E-state index contributed by atoms with van der Waals surface area (Å²) in [5.41, 5.74) is -0.421. The molecule has 19 heavy (non-hydrogen) atoms. The van der Waals surface area contributed by atoms with Gasteiger partial charge in [0, 0.05) is 19.1 Å². The van der Waals surface area contributed by atoms with E-state index in [4.69, 9.17) is 0 Å². The number of likely N-dealkylation sites (N-methyl/N-ethyl adjacent to an activating group) is 1. The lowest BCUT2D eigenvalue weighted by molar-refractivity contribution is 0.0692. The third kappa shape index (κ3) is 2.73. The fourth-order valence-corrected chi connectivity index (χ4v) is 2.26. The summed E-state index contributed by atoms with van der Waals surface area (Å²) in [6.07, 6.45) is 1.73. The molecule has 1 heterocycles. The molecule has 1 saturated heterocycles. The first-order valence-corrected chi connectivity index (χ1v) is 6.14. The maximum Gasteiger partial charge on any atom is 0.256 e. The van der Waals surface area contributed by atoms with Gasteiger partial charge in [0.1, 0.15) is 0 Å². The van der Waals surface area contributed by atoms with Crippen molar-refractivity contribution in [2.45, 2.75) is 18.9 Å². The van der Waals surface area contributed by atoms with Crippen LogP contribution < -0.4 is 5.32 Å². The van der Waals surface area contributed by atoms with Crippen molar-refractivity contribution in [1.29, 1.82) is 0 Å². The summed E-state index contributed by atoms with van der Waals surface area (Å²) in [7, 11) is 1.79. The van der Waals surface area contributed by atoms with Crippen LogP contribution in [-0.2, 0) is 0 Å². The molecule has 6 heteroatoms. The fraction of sp³-hybridized carbons (Fsp3) is 0.462. The van der Waals surface area contributed by atoms with Crippen molar-refractivity contribution >= 4 is 5.91 Å². The van der Waals surface area contributed by atoms with Crippen molar-refractivity contribution in [2.24, 2.45) is 0 Å². The summed E-state index contributed by atoms with van der Waals surface area (Å²) in [6, 6.07) is 1.90. The molecule has 0 aromatic heterocycles. The normalized spacial score (nSPS) is 19.6. The van der Waals surface area contributed by atoms with Gasteiger partial charge in [0.05, 0.1) is 5.56 Å². The third-order valence-corrected chi connectivity index (χ3v) is 3.38. The minimum absolute atomic E-state index is 0.144. The Labute approximate surface area is 109 Å². The molecule has 2 rings (SSSR count). The van der Waals surface area contributed by atoms with Crippen molar-refractivity contribution in [3.05, 3.63) is 35.1 Å². The Balaban J connectivity index is 2.22. The van der Waals surface area contributed by atoms with Crippen molar-refractivity contribution in [1.82, 2.24) is 10.2 Å². The van der Waals surface area contributed by atoms with E-state index < -0.39 is 28.9 Å². The van der Waals surface area contributed by atoms with Crippen LogP contribution in [0.15, 0.2) is 12.1 Å². The van der Waals surface area contributed by atoms with E-state index in [0.29, 0.717) is 13.1 Å². The second-order valence-electron chi connectivity index (χ2n) is 4.60. The van der Waals surface area contributed by atoms with Crippen LogP contribution in [-0.4, -0.2) is 37.0 Å². The monoisotopic (exact) mass is 272 g/mol. The molecule has 1 fully saturated rings. The zero-order valence-corrected chi connectivity index (χ0v) is 10.5. The summed E-state index contributed by atoms with van der Waals surface area (Å²) < 4.78 is 39.5. The predicted molar refractivity (Wildman–Crippen MR) is 64.3 cm³/mol. The molecule has 1 N–H and O–H groups in total. The lowest BCUT2D eigenvalue weighted by Gasteiger charge is -2.32. The molecule has 3 nitrogen and oxygen atoms in total. The molecule has 1 amide bonds. The summed E-state index contributed by atoms with van der Waals surface area (Å²) in [6.45, 7) is 0.934. The number of benzene rings is 1. The largest absolute Gasteiger partial charge is 0.337 e. The number of carbonyl (C=O) groups is 1. The van der Waals surface area contributed by atoms with Crippen molar-refractivity contribution < 1.29 is 18.0 Å². The fourth-order valence-electron chi connectivity index (χ4n) is 2.26. The molecule has 0 radical (unpaired) electrons. The highest BCUT2D eigenvalue weighted by atomic mass is 19.2. The number of piperidine rings is 1. The molecule has 1 aromatic rings. The van der Waals surface area contributed by atoms with Crippen molar-refractivity contribution in [3.63, 3.8) is 0 Å². The van der Waals surface area contributed by atoms with E-state index in [-0.39, 0.29) is 6.04 Å². The number of nitrogens with zero attached hydrogens (tertiary/aromatic N) is 1. The highest BCUT2D eigenvalue weighted by Gasteiger charge is 2.27. The van der Waals surface area contributed by atoms with Crippen LogP contribution >= 0.6 is 0 Å². The second-order valence-corrected chi connectivity index (χ2v) is 4.60. The minimum atomic E-state index is -1.60. The van der Waals surface area contributed by atoms with Crippen LogP contribution in [0.5, 0.6) is 0 Å². The Kier molecular flexibility index (Phi) is 4.09. The number of carbonyl (C=O) groups excluding carboxylic acids is 1. The molecule has 0 aliphatic carbocycles. The Hall–Kier alpha value is -1.56. The molecule has 0 saturated carbocycles. The standard InChI is InChI=1S/C13H15F3N2O/c1-17-8-3-2-6-18(7-8)13(19)9-4-5-10(14)12(16)11(9)15/h4-5,8,17H,2-3,6-7H2,1H3. The van der Waals surface area contributed by atoms with Crippen LogP contribution in [0.25, 0.3) is 0 Å². The Morgan fingerprint density at radius 3 is 2.74 bits per heavy atom. The highest BCUT2D eigenvalue weighted by molar-refractivity contribution is 5.94. The zero-order valence-electron chi connectivity index (χ0n) is 10.5. The average molecular weight is 272 g/mol. The zero-order chi connectivity index (χ0) is 14.0. The van der Waals surface area contributed by atoms with Gasteiger partial charge >= 0.3 is 0 Å². The van der Waals surface area contributed by atoms with Crippen LogP contribution in [0.1, 0.15) is 23.2 Å². The Morgan fingerprint density at radius 2 is 2.05 bits per heavy atom. The van der Waals surface area contributed by atoms with E-state index >= 15 is 0 Å². The Bertz CT molecular complexity index is 493. The van der Waals surface area contributed by atoms with E-state index in [1.54, 1.807) is 7.05 Å². The molecule has 1 aliphatic heterocycles. The number of hydrogen-bond donors (Lipinski definition) is 1. The van der Waals surface area contributed by atoms with E-state index in [9.17, 15) is 18.0 Å². The smallest absolute Gasteiger partial charge is 0.256 e. The predicted octanol–water partition coefficient (Wildman–Crippen LogP) is 1.93. The molecule has 1 aromatic carbocycles. The number of likely N-dealkylation sites (tertiary alicyclic amines) is 1. The summed E-state index contributed by atoms with van der Waals surface area (Å²) >= 11 is 0. The van der Waals surface area contributed by atoms with E-state index in [1.807, 2.05) is 0 Å². The van der Waals surface area contributed by atoms with Gasteiger partial charge < -0.3 is 10.2 Å². The highest BCUT2D eigenvalue weighted by Crippen LogP contribution is 2.19. The molecule has 1 atom stereocenters. The first kappa shape index (κ1) is 13.9. The van der Waals surface area contributed by atoms with E-state index in [0.717, 1.165) is 25.0 Å². The number of nitrogens with one attached hydrogen (secondary N) is 1. The average Bonchev–Trinajstić information content (AvgIpc) is 2.44. The summed E-state index contributed by atoms with van der Waals surface area (Å²) in [4.78, 5) is 13.6. The Morgan fingerprint density at radius 1 is 1.32 bits per heavy atom. The van der Waals surface area contributed by atoms with Gasteiger partial charge in [-0.1, -0.05) is 0 Å². The van der Waals surface area contributed by atoms with Gasteiger partial charge in [-0.05, 0) is 32.0 Å². The summed E-state index contributed by atoms with van der Waals surface area (Å²) in [5, 5.41) is 3.05. The molecule has 0 bridgehead atoms. The molecule has 1 aliphatic rings. The molecule has 1 unspecified atom stereocenters. The minimum Gasteiger partial charge on any atom is -0.337 e. The van der Waals surface area contributed by atoms with Gasteiger partial charge in [-0.25, -0.2) is 13.2 Å². The number of amides is 1. The number of halogens is 3. The topological polar surface area (TPSA) is 32.3 Å². The quantitative estimate of drug-likeness (QED) is 0.834. The van der Waals surface area contributed by atoms with E-state index in [1.165, 1.54) is 4.90 Å².